The van der Waals surface area contributed by atoms with Gasteiger partial charge in [-0.1, -0.05) is 60.7 Å². The third-order valence-corrected chi connectivity index (χ3v) is 5.15. The molecule has 1 N–H and O–H groups in total. The first-order valence-corrected chi connectivity index (χ1v) is 8.21. The lowest BCUT2D eigenvalue weighted by Crippen LogP contribution is -2.21. The maximum absolute atomic E-state index is 12.7. The van der Waals surface area contributed by atoms with Crippen LogP contribution < -0.4 is 10.4 Å². The van der Waals surface area contributed by atoms with Crippen LogP contribution in [0, 0.1) is 0 Å². The molecule has 18 heavy (non-hydrogen) atoms. The predicted octanol–water partition coefficient (Wildman–Crippen LogP) is 3.57. The summed E-state index contributed by atoms with van der Waals surface area (Å²) in [6, 6.07) is 19.7. The molecule has 2 aromatic rings. The highest BCUT2D eigenvalue weighted by Crippen LogP contribution is 2.38. The Kier molecular flexibility index (Phi) is 4.00. The zero-order chi connectivity index (χ0) is 13.0. The van der Waals surface area contributed by atoms with Gasteiger partial charge < -0.3 is 4.57 Å². The van der Waals surface area contributed by atoms with E-state index in [1.165, 1.54) is 0 Å². The molecule has 0 fully saturated rings. The van der Waals surface area contributed by atoms with E-state index < -0.39 is 7.29 Å². The predicted molar refractivity (Wildman–Crippen MR) is 77.6 cm³/mol. The van der Waals surface area contributed by atoms with Crippen molar-refractivity contribution in [3.05, 3.63) is 66.2 Å². The van der Waals surface area contributed by atoms with Crippen LogP contribution in [0.5, 0.6) is 0 Å². The molecule has 2 atom stereocenters. The Labute approximate surface area is 108 Å². The van der Waals surface area contributed by atoms with Crippen LogP contribution in [0.15, 0.2) is 60.7 Å². The van der Waals surface area contributed by atoms with Crippen molar-refractivity contribution in [3.8, 4) is 0 Å². The van der Waals surface area contributed by atoms with Gasteiger partial charge in [0.2, 0.25) is 0 Å². The van der Waals surface area contributed by atoms with Crippen LogP contribution in [0.3, 0.4) is 0 Å². The summed E-state index contributed by atoms with van der Waals surface area (Å²) in [5.41, 5.74) is 1.15. The third-order valence-electron chi connectivity index (χ3n) is 2.99. The van der Waals surface area contributed by atoms with Gasteiger partial charge in [0.15, 0.2) is 7.29 Å². The summed E-state index contributed by atoms with van der Waals surface area (Å²) in [5, 5.41) is 4.11. The lowest BCUT2D eigenvalue weighted by atomic mass is 10.1. The Morgan fingerprint density at radius 1 is 0.944 bits per heavy atom. The SMILES string of the molecule is CC(NP(C)(=O)c1ccccc1)c1ccccc1. The molecule has 0 aliphatic carbocycles. The molecule has 0 saturated heterocycles. The molecule has 0 aromatic heterocycles. The van der Waals surface area contributed by atoms with Crippen LogP contribution in [0.4, 0.5) is 0 Å². The average molecular weight is 259 g/mol. The smallest absolute Gasteiger partial charge is 0.173 e. The maximum Gasteiger partial charge on any atom is 0.173 e. The van der Waals surface area contributed by atoms with Gasteiger partial charge in [-0.3, -0.25) is 5.09 Å². The summed E-state index contributed by atoms with van der Waals surface area (Å²) >= 11 is 0. The Morgan fingerprint density at radius 3 is 2.00 bits per heavy atom. The highest BCUT2D eigenvalue weighted by atomic mass is 31.2. The van der Waals surface area contributed by atoms with Gasteiger partial charge in [-0.25, -0.2) is 0 Å². The van der Waals surface area contributed by atoms with Gasteiger partial charge in [0, 0.05) is 18.0 Å². The zero-order valence-electron chi connectivity index (χ0n) is 10.7. The van der Waals surface area contributed by atoms with Crippen molar-refractivity contribution >= 4 is 12.6 Å². The fourth-order valence-corrected chi connectivity index (χ4v) is 3.75. The molecule has 3 heteroatoms. The first kappa shape index (κ1) is 13.1. The number of hydrogen-bond donors (Lipinski definition) is 1. The molecule has 0 bridgehead atoms. The van der Waals surface area contributed by atoms with Crippen molar-refractivity contribution in [3.63, 3.8) is 0 Å². The summed E-state index contributed by atoms with van der Waals surface area (Å²) in [5.74, 6) is 0. The van der Waals surface area contributed by atoms with Gasteiger partial charge in [-0.15, -0.1) is 0 Å². The van der Waals surface area contributed by atoms with Crippen molar-refractivity contribution in [2.24, 2.45) is 0 Å². The molecular formula is C15H18NOP. The van der Waals surface area contributed by atoms with E-state index in [-0.39, 0.29) is 6.04 Å². The van der Waals surface area contributed by atoms with E-state index in [1.807, 2.05) is 67.6 Å². The topological polar surface area (TPSA) is 29.1 Å². The second-order valence-corrected chi connectivity index (χ2v) is 7.14. The molecule has 2 nitrogen and oxygen atoms in total. The Balaban J connectivity index is 2.17. The first-order valence-electron chi connectivity index (χ1n) is 6.05. The minimum absolute atomic E-state index is 0.0715. The van der Waals surface area contributed by atoms with Gasteiger partial charge >= 0.3 is 0 Å². The normalized spacial score (nSPS) is 15.9. The fraction of sp³-hybridized carbons (Fsp3) is 0.200. The number of benzene rings is 2. The molecule has 0 aliphatic heterocycles. The monoisotopic (exact) mass is 259 g/mol. The lowest BCUT2D eigenvalue weighted by Gasteiger charge is -2.21. The van der Waals surface area contributed by atoms with Crippen LogP contribution in [-0.4, -0.2) is 6.66 Å². The van der Waals surface area contributed by atoms with Gasteiger partial charge in [-0.2, -0.15) is 0 Å². The van der Waals surface area contributed by atoms with Crippen molar-refractivity contribution in [1.29, 1.82) is 0 Å². The minimum Gasteiger partial charge on any atom is -0.302 e. The fourth-order valence-electron chi connectivity index (χ4n) is 1.97. The molecule has 0 radical (unpaired) electrons. The Bertz CT molecular complexity index is 539. The van der Waals surface area contributed by atoms with Crippen LogP contribution >= 0.6 is 7.29 Å². The van der Waals surface area contributed by atoms with Crippen molar-refractivity contribution < 1.29 is 4.57 Å². The highest BCUT2D eigenvalue weighted by molar-refractivity contribution is 7.68. The van der Waals surface area contributed by atoms with Crippen molar-refractivity contribution in [1.82, 2.24) is 5.09 Å². The molecule has 94 valence electrons. The van der Waals surface area contributed by atoms with Crippen molar-refractivity contribution in [2.75, 3.05) is 6.66 Å². The number of rotatable bonds is 4. The second kappa shape index (κ2) is 5.51. The molecule has 2 aromatic carbocycles. The van der Waals surface area contributed by atoms with E-state index in [0.717, 1.165) is 10.9 Å². The lowest BCUT2D eigenvalue weighted by molar-refractivity contribution is 0.565. The summed E-state index contributed by atoms with van der Waals surface area (Å²) in [4.78, 5) is 0. The van der Waals surface area contributed by atoms with Crippen molar-refractivity contribution in [2.45, 2.75) is 13.0 Å². The Morgan fingerprint density at radius 2 is 1.44 bits per heavy atom. The molecule has 0 amide bonds. The molecule has 2 unspecified atom stereocenters. The highest BCUT2D eigenvalue weighted by Gasteiger charge is 2.20. The molecule has 2 rings (SSSR count). The quantitative estimate of drug-likeness (QED) is 0.850. The van der Waals surface area contributed by atoms with Crippen LogP contribution in [-0.2, 0) is 4.57 Å². The summed E-state index contributed by atoms with van der Waals surface area (Å²) in [6.07, 6.45) is 0. The first-order chi connectivity index (χ1) is 8.59. The molecule has 0 saturated carbocycles. The van der Waals surface area contributed by atoms with E-state index in [1.54, 1.807) is 6.66 Å². The second-order valence-electron chi connectivity index (χ2n) is 4.52. The molecule has 0 aliphatic rings. The van der Waals surface area contributed by atoms with Crippen LogP contribution in [0.25, 0.3) is 0 Å². The average Bonchev–Trinajstić information content (AvgIpc) is 2.40. The largest absolute Gasteiger partial charge is 0.302 e. The summed E-state index contributed by atoms with van der Waals surface area (Å²) in [6.45, 7) is 3.82. The van der Waals surface area contributed by atoms with Gasteiger partial charge in [0.05, 0.1) is 0 Å². The van der Waals surface area contributed by atoms with E-state index in [9.17, 15) is 4.57 Å². The van der Waals surface area contributed by atoms with Gasteiger partial charge in [0.25, 0.3) is 0 Å². The molecule has 0 spiro atoms. The van der Waals surface area contributed by atoms with E-state index in [4.69, 9.17) is 0 Å². The zero-order valence-corrected chi connectivity index (χ0v) is 11.6. The minimum atomic E-state index is -2.52. The van der Waals surface area contributed by atoms with E-state index in [2.05, 4.69) is 5.09 Å². The van der Waals surface area contributed by atoms with Gasteiger partial charge in [-0.05, 0) is 12.5 Å². The van der Waals surface area contributed by atoms with E-state index in [0.29, 0.717) is 0 Å². The molecular weight excluding hydrogens is 241 g/mol. The summed E-state index contributed by atoms with van der Waals surface area (Å²) in [7, 11) is -2.52. The van der Waals surface area contributed by atoms with E-state index >= 15 is 0 Å². The van der Waals surface area contributed by atoms with Gasteiger partial charge in [0.1, 0.15) is 0 Å². The van der Waals surface area contributed by atoms with Crippen LogP contribution in [0.1, 0.15) is 18.5 Å². The third kappa shape index (κ3) is 3.10. The number of nitrogens with one attached hydrogen (secondary N) is 1. The molecule has 0 heterocycles. The van der Waals surface area contributed by atoms with Crippen LogP contribution in [0.2, 0.25) is 0 Å². The standard InChI is InChI=1S/C15H18NOP/c1-13(14-9-5-3-6-10-14)16-18(2,17)15-11-7-4-8-12-15/h3-13H,1-2H3,(H,16,17). The summed E-state index contributed by atoms with van der Waals surface area (Å²) < 4.78 is 12.7. The maximum atomic E-state index is 12.7. The Hall–Kier alpha value is -1.37. The number of hydrogen-bond acceptors (Lipinski definition) is 1.